The quantitative estimate of drug-likeness (QED) is 0.786. The number of aromatic nitrogens is 3. The molecule has 2 aromatic rings. The van der Waals surface area contributed by atoms with Crippen LogP contribution >= 0.6 is 0 Å². The molecule has 130 valence electrons. The van der Waals surface area contributed by atoms with Gasteiger partial charge in [0.15, 0.2) is 5.65 Å². The van der Waals surface area contributed by atoms with E-state index in [0.29, 0.717) is 32.8 Å². The number of nitrogens with one attached hydrogen (secondary N) is 1. The lowest BCUT2D eigenvalue weighted by molar-refractivity contribution is 0.133. The van der Waals surface area contributed by atoms with E-state index in [-0.39, 0.29) is 6.04 Å². The van der Waals surface area contributed by atoms with Crippen molar-refractivity contribution in [3.8, 4) is 0 Å². The first-order chi connectivity index (χ1) is 11.7. The molecule has 3 heterocycles. The van der Waals surface area contributed by atoms with Crippen molar-refractivity contribution in [3.05, 3.63) is 18.3 Å². The van der Waals surface area contributed by atoms with Gasteiger partial charge in [-0.2, -0.15) is 0 Å². The number of carbonyl (C=O) groups is 1. The molecule has 24 heavy (non-hydrogen) atoms. The Bertz CT molecular complexity index is 694. The smallest absolute Gasteiger partial charge is 0.407 e. The Morgan fingerprint density at radius 1 is 1.46 bits per heavy atom. The Hall–Kier alpha value is -2.35. The third kappa shape index (κ3) is 3.59. The summed E-state index contributed by atoms with van der Waals surface area (Å²) in [5, 5.41) is 12.5. The number of piperidine rings is 1. The van der Waals surface area contributed by atoms with Crippen molar-refractivity contribution >= 4 is 23.2 Å². The van der Waals surface area contributed by atoms with Crippen LogP contribution in [0.1, 0.15) is 19.8 Å². The van der Waals surface area contributed by atoms with Crippen molar-refractivity contribution in [2.75, 3.05) is 31.6 Å². The maximum atomic E-state index is 11.0. The predicted molar refractivity (Wildman–Crippen MR) is 90.3 cm³/mol. The summed E-state index contributed by atoms with van der Waals surface area (Å²) < 4.78 is 7.50. The van der Waals surface area contributed by atoms with Crippen LogP contribution in [0.2, 0.25) is 0 Å². The molecule has 0 saturated carbocycles. The minimum atomic E-state index is -0.846. The summed E-state index contributed by atoms with van der Waals surface area (Å²) in [6.45, 7) is 5.02. The highest BCUT2D eigenvalue weighted by Crippen LogP contribution is 2.21. The van der Waals surface area contributed by atoms with E-state index in [1.54, 1.807) is 6.20 Å². The van der Waals surface area contributed by atoms with Gasteiger partial charge in [0.2, 0.25) is 5.95 Å². The van der Waals surface area contributed by atoms with Crippen molar-refractivity contribution in [1.29, 1.82) is 0 Å². The van der Waals surface area contributed by atoms with E-state index in [9.17, 15) is 4.79 Å². The van der Waals surface area contributed by atoms with Crippen molar-refractivity contribution in [3.63, 3.8) is 0 Å². The number of pyridine rings is 1. The van der Waals surface area contributed by atoms with Crippen molar-refractivity contribution in [1.82, 2.24) is 19.4 Å². The number of hydrogen-bond acceptors (Lipinski definition) is 5. The Balaban J connectivity index is 1.73. The number of rotatable bonds is 6. The maximum Gasteiger partial charge on any atom is 0.407 e. The fourth-order valence-corrected chi connectivity index (χ4v) is 2.98. The number of likely N-dealkylation sites (tertiary alicyclic amines) is 1. The Labute approximate surface area is 140 Å². The van der Waals surface area contributed by atoms with Crippen LogP contribution in [0.3, 0.4) is 0 Å². The van der Waals surface area contributed by atoms with Crippen LogP contribution in [0, 0.1) is 0 Å². The van der Waals surface area contributed by atoms with Gasteiger partial charge in [-0.05, 0) is 31.9 Å². The molecular formula is C16H23N5O3. The zero-order valence-corrected chi connectivity index (χ0v) is 13.8. The number of nitrogens with zero attached hydrogens (tertiary/aromatic N) is 4. The number of hydrogen-bond donors (Lipinski definition) is 2. The minimum Gasteiger partial charge on any atom is -0.465 e. The molecule has 0 radical (unpaired) electrons. The highest BCUT2D eigenvalue weighted by molar-refractivity contribution is 5.74. The average molecular weight is 333 g/mol. The lowest BCUT2D eigenvalue weighted by Crippen LogP contribution is -2.42. The van der Waals surface area contributed by atoms with Crippen LogP contribution in [-0.4, -0.2) is 63.0 Å². The fraction of sp³-hybridized carbons (Fsp3) is 0.562. The van der Waals surface area contributed by atoms with E-state index in [1.165, 1.54) is 4.90 Å². The highest BCUT2D eigenvalue weighted by atomic mass is 16.5. The number of anilines is 1. The second-order valence-corrected chi connectivity index (χ2v) is 5.82. The molecule has 2 aromatic heterocycles. The van der Waals surface area contributed by atoms with Crippen LogP contribution in [0.25, 0.3) is 11.2 Å². The Morgan fingerprint density at radius 2 is 2.25 bits per heavy atom. The molecule has 1 fully saturated rings. The maximum absolute atomic E-state index is 11.0. The first kappa shape index (κ1) is 16.5. The molecule has 1 aliphatic rings. The Morgan fingerprint density at radius 3 is 2.96 bits per heavy atom. The normalized spacial score (nSPS) is 15.8. The lowest BCUT2D eigenvalue weighted by Gasteiger charge is -2.30. The zero-order chi connectivity index (χ0) is 16.9. The van der Waals surface area contributed by atoms with Gasteiger partial charge in [-0.1, -0.05) is 0 Å². The third-order valence-electron chi connectivity index (χ3n) is 4.27. The summed E-state index contributed by atoms with van der Waals surface area (Å²) in [6, 6.07) is 4.03. The summed E-state index contributed by atoms with van der Waals surface area (Å²) in [5.74, 6) is 0.775. The molecule has 0 bridgehead atoms. The van der Waals surface area contributed by atoms with Gasteiger partial charge in [-0.25, -0.2) is 14.8 Å². The summed E-state index contributed by atoms with van der Waals surface area (Å²) in [5.41, 5.74) is 1.68. The molecule has 8 nitrogen and oxygen atoms in total. The monoisotopic (exact) mass is 333 g/mol. The topological polar surface area (TPSA) is 92.5 Å². The van der Waals surface area contributed by atoms with Gasteiger partial charge in [0.25, 0.3) is 0 Å². The number of fused-ring (bicyclic) bond motifs is 1. The van der Waals surface area contributed by atoms with Crippen LogP contribution in [0.15, 0.2) is 18.3 Å². The van der Waals surface area contributed by atoms with Gasteiger partial charge in [0.1, 0.15) is 5.52 Å². The number of imidazole rings is 1. The van der Waals surface area contributed by atoms with Gasteiger partial charge < -0.3 is 20.1 Å². The molecule has 8 heteroatoms. The Kier molecular flexibility index (Phi) is 5.14. The van der Waals surface area contributed by atoms with E-state index < -0.39 is 6.09 Å². The molecule has 1 aliphatic heterocycles. The van der Waals surface area contributed by atoms with Crippen molar-refractivity contribution in [2.45, 2.75) is 32.4 Å². The largest absolute Gasteiger partial charge is 0.465 e. The van der Waals surface area contributed by atoms with Crippen LogP contribution in [-0.2, 0) is 11.3 Å². The molecule has 1 saturated heterocycles. The SMILES string of the molecule is CCOCCn1c(NC2CCN(C(=O)O)CC2)nc2cccnc21. The molecule has 3 rings (SSSR count). The summed E-state index contributed by atoms with van der Waals surface area (Å²) >= 11 is 0. The van der Waals surface area contributed by atoms with E-state index in [1.807, 2.05) is 23.6 Å². The summed E-state index contributed by atoms with van der Waals surface area (Å²) in [7, 11) is 0. The predicted octanol–water partition coefficient (Wildman–Crippen LogP) is 2.02. The van der Waals surface area contributed by atoms with Crippen LogP contribution < -0.4 is 5.32 Å². The molecule has 0 spiro atoms. The van der Waals surface area contributed by atoms with E-state index >= 15 is 0 Å². The highest BCUT2D eigenvalue weighted by Gasteiger charge is 2.23. The number of ether oxygens (including phenoxy) is 1. The van der Waals surface area contributed by atoms with Gasteiger partial charge in [-0.3, -0.25) is 4.57 Å². The first-order valence-electron chi connectivity index (χ1n) is 8.32. The van der Waals surface area contributed by atoms with Gasteiger partial charge in [0.05, 0.1) is 13.2 Å². The molecule has 0 unspecified atom stereocenters. The minimum absolute atomic E-state index is 0.211. The fourth-order valence-electron chi connectivity index (χ4n) is 2.98. The summed E-state index contributed by atoms with van der Waals surface area (Å²) in [6.07, 6.45) is 2.46. The second kappa shape index (κ2) is 7.48. The van der Waals surface area contributed by atoms with E-state index in [0.717, 1.165) is 30.0 Å². The van der Waals surface area contributed by atoms with Crippen LogP contribution in [0.5, 0.6) is 0 Å². The molecule has 1 amide bonds. The molecule has 0 atom stereocenters. The third-order valence-corrected chi connectivity index (χ3v) is 4.27. The first-order valence-corrected chi connectivity index (χ1v) is 8.32. The van der Waals surface area contributed by atoms with Gasteiger partial charge in [-0.15, -0.1) is 0 Å². The standard InChI is InChI=1S/C16H23N5O3/c1-2-24-11-10-21-14-13(4-3-7-17-14)19-15(21)18-12-5-8-20(9-6-12)16(22)23/h3-4,7,12H,2,5-6,8-11H2,1H3,(H,18,19)(H,22,23). The lowest BCUT2D eigenvalue weighted by atomic mass is 10.1. The van der Waals surface area contributed by atoms with Gasteiger partial charge in [0, 0.05) is 31.9 Å². The molecule has 2 N–H and O–H groups in total. The number of carboxylic acid groups (broad SMARTS) is 1. The zero-order valence-electron chi connectivity index (χ0n) is 13.8. The van der Waals surface area contributed by atoms with E-state index in [2.05, 4.69) is 15.3 Å². The van der Waals surface area contributed by atoms with Crippen molar-refractivity contribution in [2.24, 2.45) is 0 Å². The number of amides is 1. The van der Waals surface area contributed by atoms with Crippen molar-refractivity contribution < 1.29 is 14.6 Å². The second-order valence-electron chi connectivity index (χ2n) is 5.82. The van der Waals surface area contributed by atoms with Gasteiger partial charge >= 0.3 is 6.09 Å². The van der Waals surface area contributed by atoms with Crippen LogP contribution in [0.4, 0.5) is 10.7 Å². The molecular weight excluding hydrogens is 310 g/mol. The van der Waals surface area contributed by atoms with E-state index in [4.69, 9.17) is 9.84 Å². The molecule has 0 aromatic carbocycles. The average Bonchev–Trinajstić information content (AvgIpc) is 2.93. The summed E-state index contributed by atoms with van der Waals surface area (Å²) in [4.78, 5) is 21.5. The molecule has 0 aliphatic carbocycles.